The molecule has 1 N–H and O–H groups in total. The zero-order chi connectivity index (χ0) is 6.41. The van der Waals surface area contributed by atoms with Gasteiger partial charge in [-0.2, -0.15) is 0 Å². The van der Waals surface area contributed by atoms with Gasteiger partial charge < -0.3 is 5.32 Å². The van der Waals surface area contributed by atoms with Crippen molar-refractivity contribution in [2.75, 3.05) is 13.6 Å². The van der Waals surface area contributed by atoms with Gasteiger partial charge >= 0.3 is 0 Å². The predicted octanol–water partition coefficient (Wildman–Crippen LogP) is 0.810. The number of nitrogens with zero attached hydrogens (tertiary/aromatic N) is 1. The maximum absolute atomic E-state index is 3.60. The van der Waals surface area contributed by atoms with Crippen LogP contribution in [0.4, 0.5) is 0 Å². The summed E-state index contributed by atoms with van der Waals surface area (Å²) in [6, 6.07) is 0. The van der Waals surface area contributed by atoms with Gasteiger partial charge in [-0.3, -0.25) is 4.99 Å². The van der Waals surface area contributed by atoms with E-state index < -0.39 is 0 Å². The van der Waals surface area contributed by atoms with Crippen LogP contribution < -0.4 is 5.32 Å². The number of hydrogen-bond donors (Lipinski definition) is 1. The molecule has 0 atom stereocenters. The lowest BCUT2D eigenvalue weighted by atomic mass is 10.3. The molecule has 0 aliphatic heterocycles. The van der Waals surface area contributed by atoms with Crippen LogP contribution in [0.1, 0.15) is 6.92 Å². The fourth-order valence-electron chi connectivity index (χ4n) is 0.480. The highest BCUT2D eigenvalue weighted by molar-refractivity contribution is 5.26. The fraction of sp³-hybridized carbons (Fsp3) is 0.500. The molecule has 0 radical (unpaired) electrons. The van der Waals surface area contributed by atoms with Gasteiger partial charge in [-0.1, -0.05) is 0 Å². The first-order chi connectivity index (χ1) is 3.81. The van der Waals surface area contributed by atoms with Crippen LogP contribution in [0.15, 0.2) is 16.8 Å². The molecule has 0 bridgehead atoms. The number of rotatable bonds is 3. The zero-order valence-electron chi connectivity index (χ0n) is 5.44. The molecule has 0 fully saturated rings. The minimum absolute atomic E-state index is 0.888. The van der Waals surface area contributed by atoms with Gasteiger partial charge in [0.25, 0.3) is 0 Å². The summed E-state index contributed by atoms with van der Waals surface area (Å²) in [6.45, 7) is 6.22. The molecule has 0 saturated carbocycles. The molecule has 0 aromatic rings. The summed E-state index contributed by atoms with van der Waals surface area (Å²) < 4.78 is 0. The molecule has 46 valence electrons. The van der Waals surface area contributed by atoms with Crippen LogP contribution in [0.25, 0.3) is 0 Å². The van der Waals surface area contributed by atoms with Gasteiger partial charge in [0.05, 0.1) is 0 Å². The van der Waals surface area contributed by atoms with Crippen LogP contribution in [0.2, 0.25) is 0 Å². The van der Waals surface area contributed by atoms with Crippen molar-refractivity contribution in [3.8, 4) is 0 Å². The van der Waals surface area contributed by atoms with Gasteiger partial charge in [0, 0.05) is 12.7 Å². The Hall–Kier alpha value is -0.630. The summed E-state index contributed by atoms with van der Waals surface area (Å²) in [5.74, 6) is 0. The van der Waals surface area contributed by atoms with E-state index in [0.717, 1.165) is 6.54 Å². The van der Waals surface area contributed by atoms with Gasteiger partial charge in [-0.05, 0) is 26.3 Å². The molecule has 0 aromatic heterocycles. The van der Waals surface area contributed by atoms with Crippen LogP contribution in [0.5, 0.6) is 0 Å². The summed E-state index contributed by atoms with van der Waals surface area (Å²) in [7, 11) is 1.90. The summed E-state index contributed by atoms with van der Waals surface area (Å²) >= 11 is 0. The lowest BCUT2D eigenvalue weighted by Gasteiger charge is -1.93. The predicted molar refractivity (Wildman–Crippen MR) is 37.2 cm³/mol. The van der Waals surface area contributed by atoms with E-state index in [-0.39, 0.29) is 0 Å². The first-order valence-corrected chi connectivity index (χ1v) is 2.57. The average molecular weight is 112 g/mol. The van der Waals surface area contributed by atoms with E-state index in [4.69, 9.17) is 0 Å². The standard InChI is InChI=1S/C6H12N2/c1-6(4-7-2)5-8-3/h4,8H,2,5H2,1,3H3/b6-4-. The fourth-order valence-corrected chi connectivity index (χ4v) is 0.480. The lowest BCUT2D eigenvalue weighted by molar-refractivity contribution is 0.877. The number of likely N-dealkylation sites (N-methyl/N-ethyl adjacent to an activating group) is 1. The second-order valence-electron chi connectivity index (χ2n) is 1.69. The molecule has 0 heterocycles. The molecular weight excluding hydrogens is 100 g/mol. The molecule has 0 aromatic carbocycles. The minimum atomic E-state index is 0.888. The Bertz CT molecular complexity index is 94.7. The van der Waals surface area contributed by atoms with Gasteiger partial charge in [-0.25, -0.2) is 0 Å². The molecule has 0 rings (SSSR count). The maximum atomic E-state index is 3.60. The van der Waals surface area contributed by atoms with E-state index in [9.17, 15) is 0 Å². The second-order valence-corrected chi connectivity index (χ2v) is 1.69. The van der Waals surface area contributed by atoms with E-state index in [2.05, 4.69) is 17.0 Å². The van der Waals surface area contributed by atoms with E-state index >= 15 is 0 Å². The molecule has 8 heavy (non-hydrogen) atoms. The van der Waals surface area contributed by atoms with Crippen molar-refractivity contribution < 1.29 is 0 Å². The third-order valence-corrected chi connectivity index (χ3v) is 0.767. The van der Waals surface area contributed by atoms with Crippen LogP contribution in [0.3, 0.4) is 0 Å². The molecule has 0 spiro atoms. The number of hydrogen-bond acceptors (Lipinski definition) is 2. The SMILES string of the molecule is C=N/C=C(/C)CNC. The van der Waals surface area contributed by atoms with Gasteiger partial charge in [0.15, 0.2) is 0 Å². The molecule has 0 unspecified atom stereocenters. The molecule has 0 saturated heterocycles. The van der Waals surface area contributed by atoms with Crippen LogP contribution in [-0.4, -0.2) is 20.3 Å². The Labute approximate surface area is 50.3 Å². The van der Waals surface area contributed by atoms with E-state index in [1.165, 1.54) is 5.57 Å². The highest BCUT2D eigenvalue weighted by atomic mass is 14.8. The Kier molecular flexibility index (Phi) is 4.17. The average Bonchev–Trinajstić information content (AvgIpc) is 1.68. The monoisotopic (exact) mass is 112 g/mol. The van der Waals surface area contributed by atoms with Crippen molar-refractivity contribution in [3.05, 3.63) is 11.8 Å². The Morgan fingerprint density at radius 1 is 1.88 bits per heavy atom. The van der Waals surface area contributed by atoms with E-state index in [0.29, 0.717) is 0 Å². The first-order valence-electron chi connectivity index (χ1n) is 2.57. The molecule has 2 nitrogen and oxygen atoms in total. The number of nitrogens with one attached hydrogen (secondary N) is 1. The van der Waals surface area contributed by atoms with Crippen molar-refractivity contribution in [2.45, 2.75) is 6.92 Å². The highest BCUT2D eigenvalue weighted by Gasteiger charge is 1.80. The molecular formula is C6H12N2. The van der Waals surface area contributed by atoms with Crippen LogP contribution in [-0.2, 0) is 0 Å². The summed E-state index contributed by atoms with van der Waals surface area (Å²) in [6.07, 6.45) is 1.75. The third kappa shape index (κ3) is 3.56. The van der Waals surface area contributed by atoms with Crippen molar-refractivity contribution >= 4 is 6.72 Å². The van der Waals surface area contributed by atoms with Crippen molar-refractivity contribution in [1.29, 1.82) is 0 Å². The largest absolute Gasteiger partial charge is 0.316 e. The third-order valence-electron chi connectivity index (χ3n) is 0.767. The summed E-state index contributed by atoms with van der Waals surface area (Å²) in [5.41, 5.74) is 1.20. The van der Waals surface area contributed by atoms with Gasteiger partial charge in [-0.15, -0.1) is 0 Å². The van der Waals surface area contributed by atoms with Gasteiger partial charge in [0.1, 0.15) is 0 Å². The summed E-state index contributed by atoms with van der Waals surface area (Å²) in [4.78, 5) is 3.60. The van der Waals surface area contributed by atoms with Gasteiger partial charge in [0.2, 0.25) is 0 Å². The zero-order valence-corrected chi connectivity index (χ0v) is 5.44. The van der Waals surface area contributed by atoms with Crippen molar-refractivity contribution in [3.63, 3.8) is 0 Å². The maximum Gasteiger partial charge on any atom is 0.0262 e. The van der Waals surface area contributed by atoms with E-state index in [1.807, 2.05) is 14.0 Å². The van der Waals surface area contributed by atoms with Crippen LogP contribution in [0, 0.1) is 0 Å². The second kappa shape index (κ2) is 4.53. The molecule has 2 heteroatoms. The topological polar surface area (TPSA) is 24.4 Å². The smallest absolute Gasteiger partial charge is 0.0262 e. The molecule has 0 amide bonds. The van der Waals surface area contributed by atoms with Crippen molar-refractivity contribution in [2.24, 2.45) is 4.99 Å². The van der Waals surface area contributed by atoms with Crippen LogP contribution >= 0.6 is 0 Å². The normalized spacial score (nSPS) is 11.5. The molecule has 0 aliphatic rings. The lowest BCUT2D eigenvalue weighted by Crippen LogP contribution is -2.08. The Morgan fingerprint density at radius 3 is 2.88 bits per heavy atom. The van der Waals surface area contributed by atoms with E-state index in [1.54, 1.807) is 6.20 Å². The minimum Gasteiger partial charge on any atom is -0.316 e. The quantitative estimate of drug-likeness (QED) is 0.537. The van der Waals surface area contributed by atoms with Crippen molar-refractivity contribution in [1.82, 2.24) is 5.32 Å². The highest BCUT2D eigenvalue weighted by Crippen LogP contribution is 1.86. The molecule has 0 aliphatic carbocycles. The first kappa shape index (κ1) is 7.37. The Balaban J connectivity index is 3.44. The number of aliphatic imine (C=N–C) groups is 1. The summed E-state index contributed by atoms with van der Waals surface area (Å²) in [5, 5.41) is 3.00. The Morgan fingerprint density at radius 2 is 2.50 bits per heavy atom.